The summed E-state index contributed by atoms with van der Waals surface area (Å²) in [5, 5.41) is 13.5. The van der Waals surface area contributed by atoms with E-state index in [-0.39, 0.29) is 17.2 Å². The van der Waals surface area contributed by atoms with Crippen molar-refractivity contribution in [3.05, 3.63) is 87.3 Å². The predicted octanol–water partition coefficient (Wildman–Crippen LogP) is 3.26. The molecule has 2 aromatic heterocycles. The van der Waals surface area contributed by atoms with Gasteiger partial charge < -0.3 is 15.0 Å². The number of hydroxylamine groups is 1. The van der Waals surface area contributed by atoms with Gasteiger partial charge in [-0.3, -0.25) is 19.3 Å². The lowest BCUT2D eigenvalue weighted by atomic mass is 10.1. The van der Waals surface area contributed by atoms with Crippen molar-refractivity contribution in [3.63, 3.8) is 0 Å². The Morgan fingerprint density at radius 2 is 1.95 bits per heavy atom. The van der Waals surface area contributed by atoms with Crippen LogP contribution in [-0.2, 0) is 24.1 Å². The van der Waals surface area contributed by atoms with Gasteiger partial charge in [-0.1, -0.05) is 18.2 Å². The van der Waals surface area contributed by atoms with Gasteiger partial charge in [-0.25, -0.2) is 10.5 Å². The minimum Gasteiger partial charge on any atom is -0.378 e. The minimum atomic E-state index is -0.633. The van der Waals surface area contributed by atoms with Crippen LogP contribution in [0.15, 0.2) is 59.7 Å². The molecule has 6 rings (SSSR count). The second-order valence-electron chi connectivity index (χ2n) is 10.3. The molecule has 1 saturated heterocycles. The van der Waals surface area contributed by atoms with Gasteiger partial charge in [0.15, 0.2) is 5.65 Å². The van der Waals surface area contributed by atoms with Crippen LogP contribution >= 0.6 is 0 Å². The Kier molecular flexibility index (Phi) is 7.29. The number of carbonyl (C=O) groups excluding carboxylic acids is 1. The number of aryl methyl sites for hydroxylation is 2. The summed E-state index contributed by atoms with van der Waals surface area (Å²) in [6, 6.07) is 14.2. The Bertz CT molecular complexity index is 1620. The fourth-order valence-corrected chi connectivity index (χ4v) is 5.61. The van der Waals surface area contributed by atoms with Gasteiger partial charge in [0.05, 0.1) is 12.5 Å². The molecule has 0 saturated carbocycles. The molecule has 1 fully saturated rings. The molecule has 1 aliphatic heterocycles. The number of aromatic nitrogens is 3. The molecule has 0 spiro atoms. The quantitative estimate of drug-likeness (QED) is 0.291. The van der Waals surface area contributed by atoms with E-state index in [0.29, 0.717) is 11.6 Å². The van der Waals surface area contributed by atoms with E-state index >= 15 is 0 Å². The number of nitrogens with zero attached hydrogens (tertiary/aromatic N) is 4. The Hall–Kier alpha value is -4.12. The lowest BCUT2D eigenvalue weighted by Crippen LogP contribution is -2.30. The molecule has 3 heterocycles. The number of aliphatic hydroxyl groups excluding tert-OH is 1. The molecule has 1 amide bonds. The van der Waals surface area contributed by atoms with Crippen molar-refractivity contribution in [3.8, 4) is 5.69 Å². The maximum absolute atomic E-state index is 13.3. The van der Waals surface area contributed by atoms with Crippen molar-refractivity contribution < 1.29 is 14.7 Å². The Morgan fingerprint density at radius 1 is 1.12 bits per heavy atom. The van der Waals surface area contributed by atoms with Gasteiger partial charge >= 0.3 is 0 Å². The number of fused-ring (bicyclic) bond motifs is 2. The van der Waals surface area contributed by atoms with Crippen LogP contribution in [-0.4, -0.2) is 56.9 Å². The van der Waals surface area contributed by atoms with Gasteiger partial charge in [0.25, 0.3) is 5.91 Å². The molecule has 40 heavy (non-hydrogen) atoms. The van der Waals surface area contributed by atoms with E-state index in [1.807, 2.05) is 30.3 Å². The summed E-state index contributed by atoms with van der Waals surface area (Å²) in [6.07, 6.45) is 8.54. The zero-order chi connectivity index (χ0) is 27.6. The molecule has 2 aliphatic rings. The first kappa shape index (κ1) is 26.1. The van der Waals surface area contributed by atoms with Crippen molar-refractivity contribution in [2.75, 3.05) is 25.5 Å². The van der Waals surface area contributed by atoms with Gasteiger partial charge in [0.2, 0.25) is 11.4 Å². The number of carbonyl (C=O) groups is 1. The van der Waals surface area contributed by atoms with Crippen LogP contribution in [0, 0.1) is 0 Å². The number of pyridine rings is 1. The number of aliphatic hydroxyl groups is 1. The molecule has 4 aromatic rings. The predicted molar refractivity (Wildman–Crippen MR) is 152 cm³/mol. The lowest BCUT2D eigenvalue weighted by Gasteiger charge is -2.19. The highest BCUT2D eigenvalue weighted by molar-refractivity contribution is 5.96. The van der Waals surface area contributed by atoms with Crippen molar-refractivity contribution >= 4 is 28.6 Å². The van der Waals surface area contributed by atoms with Crippen LogP contribution in [0.1, 0.15) is 46.3 Å². The van der Waals surface area contributed by atoms with Crippen LogP contribution in [0.5, 0.6) is 0 Å². The van der Waals surface area contributed by atoms with Crippen molar-refractivity contribution in [2.24, 2.45) is 0 Å². The maximum atomic E-state index is 13.3. The molecule has 0 radical (unpaired) electrons. The van der Waals surface area contributed by atoms with E-state index in [1.165, 1.54) is 36.2 Å². The Balaban J connectivity index is 1.31. The van der Waals surface area contributed by atoms with E-state index < -0.39 is 11.3 Å². The summed E-state index contributed by atoms with van der Waals surface area (Å²) in [6.45, 7) is 1.77. The number of rotatable bonds is 8. The number of hydrogen-bond acceptors (Lipinski definition) is 8. The molecule has 2 aromatic carbocycles. The standard InChI is InChI=1S/C30H32N6O4/c1-40-34-29(39)25-18-36(23-12-9-20-4-2-5-21(20)16-23)28-24(27(25)38)17-31-30(33-28)32-22-10-7-19(8-11-22)13-15-35-14-3-6-26(35)37/h7-12,16-18,26,37H,2-6,13-15H2,1H3,(H,34,39)(H,31,32,33). The van der Waals surface area contributed by atoms with E-state index in [0.717, 1.165) is 63.0 Å². The fraction of sp³-hybridized carbons (Fsp3) is 0.333. The number of amides is 1. The van der Waals surface area contributed by atoms with Gasteiger partial charge in [-0.05, 0) is 79.5 Å². The molecule has 0 bridgehead atoms. The van der Waals surface area contributed by atoms with E-state index in [4.69, 9.17) is 9.82 Å². The summed E-state index contributed by atoms with van der Waals surface area (Å²) in [7, 11) is 1.32. The number of hydrogen-bond donors (Lipinski definition) is 3. The summed E-state index contributed by atoms with van der Waals surface area (Å²) in [4.78, 5) is 41.9. The molecular weight excluding hydrogens is 508 g/mol. The lowest BCUT2D eigenvalue weighted by molar-refractivity contribution is 0.0392. The molecule has 1 unspecified atom stereocenters. The van der Waals surface area contributed by atoms with Gasteiger partial charge in [0.1, 0.15) is 11.8 Å². The average molecular weight is 541 g/mol. The van der Waals surface area contributed by atoms with E-state index in [2.05, 4.69) is 32.8 Å². The smallest absolute Gasteiger partial charge is 0.280 e. The number of anilines is 2. The first-order chi connectivity index (χ1) is 19.5. The fourth-order valence-electron chi connectivity index (χ4n) is 5.61. The third-order valence-electron chi connectivity index (χ3n) is 7.77. The van der Waals surface area contributed by atoms with Crippen LogP contribution in [0.3, 0.4) is 0 Å². The third kappa shape index (κ3) is 5.21. The summed E-state index contributed by atoms with van der Waals surface area (Å²) in [5.41, 5.74) is 7.50. The first-order valence-electron chi connectivity index (χ1n) is 13.7. The molecule has 1 atom stereocenters. The van der Waals surface area contributed by atoms with Crippen LogP contribution < -0.4 is 16.2 Å². The zero-order valence-electron chi connectivity index (χ0n) is 22.4. The van der Waals surface area contributed by atoms with Crippen molar-refractivity contribution in [1.29, 1.82) is 0 Å². The van der Waals surface area contributed by atoms with Crippen LogP contribution in [0.2, 0.25) is 0 Å². The third-order valence-corrected chi connectivity index (χ3v) is 7.77. The van der Waals surface area contributed by atoms with E-state index in [1.54, 1.807) is 4.57 Å². The molecule has 1 aliphatic carbocycles. The first-order valence-corrected chi connectivity index (χ1v) is 13.7. The molecule has 10 heteroatoms. The molecule has 206 valence electrons. The van der Waals surface area contributed by atoms with E-state index in [9.17, 15) is 14.7 Å². The van der Waals surface area contributed by atoms with Crippen LogP contribution in [0.25, 0.3) is 16.7 Å². The molecular formula is C30H32N6O4. The highest BCUT2D eigenvalue weighted by Gasteiger charge is 2.22. The highest BCUT2D eigenvalue weighted by Crippen LogP contribution is 2.26. The Labute approximate surface area is 231 Å². The van der Waals surface area contributed by atoms with Gasteiger partial charge in [0, 0.05) is 36.9 Å². The van der Waals surface area contributed by atoms with Crippen LogP contribution in [0.4, 0.5) is 11.6 Å². The van der Waals surface area contributed by atoms with Crippen molar-refractivity contribution in [1.82, 2.24) is 24.9 Å². The number of likely N-dealkylation sites (tertiary alicyclic amines) is 1. The second-order valence-corrected chi connectivity index (χ2v) is 10.3. The number of benzene rings is 2. The topological polar surface area (TPSA) is 122 Å². The highest BCUT2D eigenvalue weighted by atomic mass is 16.6. The summed E-state index contributed by atoms with van der Waals surface area (Å²) in [5.74, 6) is -0.297. The minimum absolute atomic E-state index is 0.0591. The van der Waals surface area contributed by atoms with Crippen molar-refractivity contribution in [2.45, 2.75) is 44.8 Å². The largest absolute Gasteiger partial charge is 0.378 e. The Morgan fingerprint density at radius 3 is 2.73 bits per heavy atom. The molecule has 3 N–H and O–H groups in total. The van der Waals surface area contributed by atoms with Gasteiger partial charge in [-0.2, -0.15) is 4.98 Å². The SMILES string of the molecule is CONC(=O)c1cn(-c2ccc3c(c2)CCC3)c2nc(Nc3ccc(CCN4CCCC4O)cc3)ncc2c1=O. The summed E-state index contributed by atoms with van der Waals surface area (Å²) < 4.78 is 1.77. The average Bonchev–Trinajstić information content (AvgIpc) is 3.61. The maximum Gasteiger partial charge on any atom is 0.280 e. The zero-order valence-corrected chi connectivity index (χ0v) is 22.4. The monoisotopic (exact) mass is 540 g/mol. The number of nitrogens with one attached hydrogen (secondary N) is 2. The molecule has 10 nitrogen and oxygen atoms in total. The van der Waals surface area contributed by atoms with Gasteiger partial charge in [-0.15, -0.1) is 0 Å². The summed E-state index contributed by atoms with van der Waals surface area (Å²) >= 11 is 0. The second kappa shape index (κ2) is 11.2. The normalized spacial score (nSPS) is 16.8.